The highest BCUT2D eigenvalue weighted by Gasteiger charge is 2.73. The molecule has 0 fully saturated rings. The maximum Gasteiger partial charge on any atom is 0.573 e. The molecule has 0 aromatic heterocycles. The third-order valence-electron chi connectivity index (χ3n) is 3.98. The van der Waals surface area contributed by atoms with Gasteiger partial charge in [0.1, 0.15) is 5.75 Å². The van der Waals surface area contributed by atoms with Gasteiger partial charge >= 0.3 is 24.4 Å². The molecule has 0 unspecified atom stereocenters. The second kappa shape index (κ2) is 7.93. The minimum Gasteiger partial charge on any atom is -0.406 e. The first kappa shape index (κ1) is 24.3. The van der Waals surface area contributed by atoms with Crippen molar-refractivity contribution in [3.63, 3.8) is 0 Å². The van der Waals surface area contributed by atoms with Gasteiger partial charge in [0.2, 0.25) is 0 Å². The van der Waals surface area contributed by atoms with Gasteiger partial charge in [0, 0.05) is 16.8 Å². The molecular formula is C18H11F10NO2. The van der Waals surface area contributed by atoms with Crippen molar-refractivity contribution >= 4 is 11.6 Å². The van der Waals surface area contributed by atoms with Crippen LogP contribution in [0.15, 0.2) is 42.5 Å². The van der Waals surface area contributed by atoms with Crippen LogP contribution in [0.4, 0.5) is 49.6 Å². The molecule has 3 nitrogen and oxygen atoms in total. The zero-order valence-electron chi connectivity index (χ0n) is 15.1. The van der Waals surface area contributed by atoms with E-state index in [0.29, 0.717) is 12.1 Å². The maximum absolute atomic E-state index is 14.1. The molecule has 0 atom stereocenters. The Labute approximate surface area is 167 Å². The number of carbonyl (C=O) groups is 1. The fraction of sp³-hybridized carbons (Fsp3) is 0.278. The number of aryl methyl sites for hydroxylation is 1. The molecule has 0 aliphatic carbocycles. The molecular weight excluding hydrogens is 452 g/mol. The predicted octanol–water partition coefficient (Wildman–Crippen LogP) is 6.44. The molecule has 2 aromatic carbocycles. The first-order chi connectivity index (χ1) is 14.0. The summed E-state index contributed by atoms with van der Waals surface area (Å²) >= 11 is 0. The molecule has 2 rings (SSSR count). The zero-order chi connectivity index (χ0) is 23.8. The standard InChI is InChI=1S/C18H11F10NO2/c1-9-7-11(15(19,16(20,21)22)17(23,24)25)5-6-13(9)29-14(30)10-3-2-4-12(8-10)31-18(26,27)28/h2-8H,1H3,(H,29,30). The van der Waals surface area contributed by atoms with E-state index in [1.807, 2.05) is 0 Å². The molecule has 0 bridgehead atoms. The molecule has 2 aromatic rings. The van der Waals surface area contributed by atoms with Gasteiger partial charge in [-0.3, -0.25) is 4.79 Å². The van der Waals surface area contributed by atoms with E-state index in [-0.39, 0.29) is 28.9 Å². The maximum atomic E-state index is 14.1. The van der Waals surface area contributed by atoms with E-state index >= 15 is 0 Å². The van der Waals surface area contributed by atoms with Crippen LogP contribution in [0.2, 0.25) is 0 Å². The second-order valence-electron chi connectivity index (χ2n) is 6.21. The number of hydrogen-bond donors (Lipinski definition) is 1. The molecule has 1 amide bonds. The van der Waals surface area contributed by atoms with Crippen LogP contribution >= 0.6 is 0 Å². The van der Waals surface area contributed by atoms with Crippen LogP contribution in [0, 0.1) is 6.92 Å². The second-order valence-corrected chi connectivity index (χ2v) is 6.21. The number of halogens is 10. The summed E-state index contributed by atoms with van der Waals surface area (Å²) in [6.07, 6.45) is -17.6. The molecule has 13 heteroatoms. The molecule has 0 saturated heterocycles. The van der Waals surface area contributed by atoms with Gasteiger partial charge in [0.25, 0.3) is 5.91 Å². The SMILES string of the molecule is Cc1cc(C(F)(C(F)(F)F)C(F)(F)F)ccc1NC(=O)c1cccc(OC(F)(F)F)c1. The highest BCUT2D eigenvalue weighted by Crippen LogP contribution is 2.53. The summed E-state index contributed by atoms with van der Waals surface area (Å²) in [7, 11) is 0. The van der Waals surface area contributed by atoms with Crippen LogP contribution < -0.4 is 10.1 Å². The number of benzene rings is 2. The molecule has 170 valence electrons. The van der Waals surface area contributed by atoms with Crippen LogP contribution in [0.3, 0.4) is 0 Å². The number of carbonyl (C=O) groups excluding carboxylic acids is 1. The first-order valence-electron chi connectivity index (χ1n) is 8.06. The molecule has 0 aliphatic heterocycles. The topological polar surface area (TPSA) is 38.3 Å². The number of anilines is 1. The van der Waals surface area contributed by atoms with Gasteiger partial charge in [0.05, 0.1) is 0 Å². The zero-order valence-corrected chi connectivity index (χ0v) is 15.1. The Morgan fingerprint density at radius 3 is 1.90 bits per heavy atom. The van der Waals surface area contributed by atoms with Crippen molar-refractivity contribution < 1.29 is 53.4 Å². The lowest BCUT2D eigenvalue weighted by atomic mass is 9.92. The summed E-state index contributed by atoms with van der Waals surface area (Å²) in [6, 6.07) is 4.83. The van der Waals surface area contributed by atoms with Crippen LogP contribution in [-0.4, -0.2) is 24.6 Å². The minimum absolute atomic E-state index is 0.201. The summed E-state index contributed by atoms with van der Waals surface area (Å²) in [4.78, 5) is 12.2. The third kappa shape index (κ3) is 5.20. The van der Waals surface area contributed by atoms with Gasteiger partial charge in [-0.15, -0.1) is 13.2 Å². The lowest BCUT2D eigenvalue weighted by molar-refractivity contribution is -0.348. The number of ether oxygens (including phenoxy) is 1. The number of rotatable bonds is 4. The summed E-state index contributed by atoms with van der Waals surface area (Å²) in [5.74, 6) is -1.77. The van der Waals surface area contributed by atoms with Crippen molar-refractivity contribution in [3.8, 4) is 5.75 Å². The summed E-state index contributed by atoms with van der Waals surface area (Å²) in [5.41, 5.74) is -8.39. The minimum atomic E-state index is -6.30. The Bertz CT molecular complexity index is 949. The van der Waals surface area contributed by atoms with Crippen LogP contribution in [0.25, 0.3) is 0 Å². The summed E-state index contributed by atoms with van der Waals surface area (Å²) < 4.78 is 132. The molecule has 0 aliphatic rings. The van der Waals surface area contributed by atoms with Crippen LogP contribution in [0.1, 0.15) is 21.5 Å². The van der Waals surface area contributed by atoms with Crippen molar-refractivity contribution in [3.05, 3.63) is 59.2 Å². The van der Waals surface area contributed by atoms with E-state index in [1.54, 1.807) is 0 Å². The average molecular weight is 463 g/mol. The predicted molar refractivity (Wildman–Crippen MR) is 87.2 cm³/mol. The van der Waals surface area contributed by atoms with E-state index in [1.165, 1.54) is 0 Å². The van der Waals surface area contributed by atoms with Gasteiger partial charge in [-0.05, 0) is 36.8 Å². The van der Waals surface area contributed by atoms with E-state index in [9.17, 15) is 48.7 Å². The Morgan fingerprint density at radius 2 is 1.42 bits per heavy atom. The van der Waals surface area contributed by atoms with Crippen molar-refractivity contribution in [1.82, 2.24) is 0 Å². The van der Waals surface area contributed by atoms with E-state index < -0.39 is 41.6 Å². The van der Waals surface area contributed by atoms with Gasteiger partial charge in [-0.25, -0.2) is 4.39 Å². The average Bonchev–Trinajstić information content (AvgIpc) is 2.59. The van der Waals surface area contributed by atoms with E-state index in [0.717, 1.165) is 25.1 Å². The summed E-state index contributed by atoms with van der Waals surface area (Å²) in [6.45, 7) is 1.01. The number of hydrogen-bond acceptors (Lipinski definition) is 2. The number of nitrogens with one attached hydrogen (secondary N) is 1. The van der Waals surface area contributed by atoms with Gasteiger partial charge in [-0.2, -0.15) is 26.3 Å². The molecule has 1 N–H and O–H groups in total. The highest BCUT2D eigenvalue weighted by atomic mass is 19.4. The van der Waals surface area contributed by atoms with Crippen molar-refractivity contribution in [2.75, 3.05) is 5.32 Å². The molecule has 0 radical (unpaired) electrons. The third-order valence-corrected chi connectivity index (χ3v) is 3.98. The first-order valence-corrected chi connectivity index (χ1v) is 8.06. The fourth-order valence-electron chi connectivity index (χ4n) is 2.54. The normalized spacial score (nSPS) is 13.1. The monoisotopic (exact) mass is 463 g/mol. The molecule has 0 saturated carbocycles. The highest BCUT2D eigenvalue weighted by molar-refractivity contribution is 6.04. The lowest BCUT2D eigenvalue weighted by Gasteiger charge is -2.30. The largest absolute Gasteiger partial charge is 0.573 e. The van der Waals surface area contributed by atoms with Gasteiger partial charge < -0.3 is 10.1 Å². The van der Waals surface area contributed by atoms with Crippen molar-refractivity contribution in [2.45, 2.75) is 31.3 Å². The lowest BCUT2D eigenvalue weighted by Crippen LogP contribution is -2.50. The van der Waals surface area contributed by atoms with Crippen molar-refractivity contribution in [2.24, 2.45) is 0 Å². The Kier molecular flexibility index (Phi) is 6.21. The van der Waals surface area contributed by atoms with E-state index in [4.69, 9.17) is 0 Å². The van der Waals surface area contributed by atoms with Gasteiger partial charge in [0.15, 0.2) is 0 Å². The number of amides is 1. The molecule has 0 heterocycles. The molecule has 0 spiro atoms. The Morgan fingerprint density at radius 1 is 0.839 bits per heavy atom. The van der Waals surface area contributed by atoms with Gasteiger partial charge in [-0.1, -0.05) is 18.2 Å². The Hall–Kier alpha value is -2.99. The Balaban J connectivity index is 2.33. The van der Waals surface area contributed by atoms with Crippen LogP contribution in [-0.2, 0) is 5.67 Å². The summed E-state index contributed by atoms with van der Waals surface area (Å²) in [5, 5.41) is 2.11. The smallest absolute Gasteiger partial charge is 0.406 e. The van der Waals surface area contributed by atoms with Crippen LogP contribution in [0.5, 0.6) is 5.75 Å². The quantitative estimate of drug-likeness (QED) is 0.531. The fourth-order valence-corrected chi connectivity index (χ4v) is 2.54. The van der Waals surface area contributed by atoms with Crippen molar-refractivity contribution in [1.29, 1.82) is 0 Å². The number of alkyl halides is 10. The van der Waals surface area contributed by atoms with E-state index in [2.05, 4.69) is 10.1 Å². The molecule has 31 heavy (non-hydrogen) atoms.